The van der Waals surface area contributed by atoms with Crippen molar-refractivity contribution in [1.29, 1.82) is 0 Å². The van der Waals surface area contributed by atoms with Crippen molar-refractivity contribution in [3.63, 3.8) is 0 Å². The minimum absolute atomic E-state index is 1.37. The summed E-state index contributed by atoms with van der Waals surface area (Å²) >= 11 is 2.24. The van der Waals surface area contributed by atoms with Gasteiger partial charge in [0.2, 0.25) is 0 Å². The molecule has 0 unspecified atom stereocenters. The number of thioether (sulfide) groups is 1. The summed E-state index contributed by atoms with van der Waals surface area (Å²) in [6.07, 6.45) is 65.1. The molecule has 0 nitrogen and oxygen atoms in total. The Morgan fingerprint density at radius 2 is 0.286 bits per heavy atom. The molecule has 0 spiro atoms. The smallest absolute Gasteiger partial charge is 0.00675 e. The van der Waals surface area contributed by atoms with Gasteiger partial charge in [-0.05, 0) is 24.3 Å². The molecule has 0 radical (unpaired) electrons. The fourth-order valence-electron chi connectivity index (χ4n) is 7.73. The summed E-state index contributed by atoms with van der Waals surface area (Å²) in [5, 5.41) is 0. The van der Waals surface area contributed by atoms with Crippen LogP contribution in [0.3, 0.4) is 0 Å². The third kappa shape index (κ3) is 48.3. The minimum atomic E-state index is 1.37. The SMILES string of the molecule is CCCCCCCCCCCCCCCCCCCCCCCCSCCCCCCCCCCCCCCCCCCCCCCCC. The van der Waals surface area contributed by atoms with Gasteiger partial charge in [-0.1, -0.05) is 284 Å². The van der Waals surface area contributed by atoms with Crippen molar-refractivity contribution < 1.29 is 0 Å². The molecule has 296 valence electrons. The summed E-state index contributed by atoms with van der Waals surface area (Å²) in [5.41, 5.74) is 0. The van der Waals surface area contributed by atoms with Crippen LogP contribution in [0.2, 0.25) is 0 Å². The predicted molar refractivity (Wildman–Crippen MR) is 232 cm³/mol. The van der Waals surface area contributed by atoms with Crippen molar-refractivity contribution in [1.82, 2.24) is 0 Å². The Labute approximate surface area is 318 Å². The lowest BCUT2D eigenvalue weighted by Crippen LogP contribution is -1.87. The summed E-state index contributed by atoms with van der Waals surface area (Å²) in [5.74, 6) is 2.83. The molecule has 49 heavy (non-hydrogen) atoms. The van der Waals surface area contributed by atoms with Crippen molar-refractivity contribution in [2.75, 3.05) is 11.5 Å². The second-order valence-electron chi connectivity index (χ2n) is 16.5. The van der Waals surface area contributed by atoms with Gasteiger partial charge in [0.1, 0.15) is 0 Å². The minimum Gasteiger partial charge on any atom is -0.162 e. The number of hydrogen-bond acceptors (Lipinski definition) is 1. The van der Waals surface area contributed by atoms with Gasteiger partial charge in [0.25, 0.3) is 0 Å². The Morgan fingerprint density at radius 3 is 0.429 bits per heavy atom. The lowest BCUT2D eigenvalue weighted by molar-refractivity contribution is 0.520. The summed E-state index contributed by atoms with van der Waals surface area (Å²) in [6.45, 7) is 4.62. The summed E-state index contributed by atoms with van der Waals surface area (Å²) in [7, 11) is 0. The van der Waals surface area contributed by atoms with E-state index in [0.717, 1.165) is 0 Å². The first-order valence-electron chi connectivity index (χ1n) is 24.0. The molecule has 0 N–H and O–H groups in total. The molecular weight excluding hydrogens is 609 g/mol. The third-order valence-electron chi connectivity index (χ3n) is 11.3. The Morgan fingerprint density at radius 1 is 0.163 bits per heavy atom. The Hall–Kier alpha value is 0.350. The van der Waals surface area contributed by atoms with E-state index in [0.29, 0.717) is 0 Å². The number of unbranched alkanes of at least 4 members (excludes halogenated alkanes) is 42. The van der Waals surface area contributed by atoms with E-state index in [-0.39, 0.29) is 0 Å². The maximum Gasteiger partial charge on any atom is -0.00675 e. The van der Waals surface area contributed by atoms with Crippen molar-refractivity contribution in [3.8, 4) is 0 Å². The van der Waals surface area contributed by atoms with Crippen LogP contribution in [0.4, 0.5) is 0 Å². The van der Waals surface area contributed by atoms with Gasteiger partial charge in [0.15, 0.2) is 0 Å². The van der Waals surface area contributed by atoms with Gasteiger partial charge in [0.05, 0.1) is 0 Å². The number of rotatable bonds is 46. The molecule has 0 heterocycles. The molecule has 0 saturated carbocycles. The molecule has 0 saturated heterocycles. The molecule has 0 aliphatic heterocycles. The van der Waals surface area contributed by atoms with Gasteiger partial charge in [-0.25, -0.2) is 0 Å². The molecule has 0 aliphatic carbocycles. The Bertz CT molecular complexity index is 483. The topological polar surface area (TPSA) is 0 Å². The van der Waals surface area contributed by atoms with E-state index in [1.165, 1.54) is 294 Å². The van der Waals surface area contributed by atoms with Crippen LogP contribution in [0.1, 0.15) is 296 Å². The van der Waals surface area contributed by atoms with Crippen molar-refractivity contribution in [2.45, 2.75) is 296 Å². The fourth-order valence-corrected chi connectivity index (χ4v) is 8.75. The summed E-state index contributed by atoms with van der Waals surface area (Å²) in [6, 6.07) is 0. The molecule has 0 aromatic heterocycles. The molecule has 0 rings (SSSR count). The first-order chi connectivity index (χ1) is 24.4. The van der Waals surface area contributed by atoms with Crippen LogP contribution in [0, 0.1) is 0 Å². The third-order valence-corrected chi connectivity index (χ3v) is 12.4. The average molecular weight is 707 g/mol. The van der Waals surface area contributed by atoms with Crippen molar-refractivity contribution >= 4 is 11.8 Å². The molecule has 1 heteroatoms. The second kappa shape index (κ2) is 48.3. The maximum absolute atomic E-state index is 2.31. The summed E-state index contributed by atoms with van der Waals surface area (Å²) < 4.78 is 0. The van der Waals surface area contributed by atoms with E-state index < -0.39 is 0 Å². The van der Waals surface area contributed by atoms with Crippen LogP contribution < -0.4 is 0 Å². The lowest BCUT2D eigenvalue weighted by atomic mass is 10.0. The second-order valence-corrected chi connectivity index (χ2v) is 17.7. The maximum atomic E-state index is 2.31. The zero-order valence-corrected chi connectivity index (χ0v) is 35.8. The van der Waals surface area contributed by atoms with Gasteiger partial charge < -0.3 is 0 Å². The lowest BCUT2D eigenvalue weighted by Gasteiger charge is -2.05. The molecule has 0 bridgehead atoms. The molecule has 0 amide bonds. The van der Waals surface area contributed by atoms with Crippen LogP contribution in [0.15, 0.2) is 0 Å². The molecule has 0 aromatic carbocycles. The predicted octanol–water partition coefficient (Wildman–Crippen LogP) is 18.9. The van der Waals surface area contributed by atoms with E-state index >= 15 is 0 Å². The molecule has 0 aromatic rings. The van der Waals surface area contributed by atoms with Gasteiger partial charge in [-0.15, -0.1) is 0 Å². The van der Waals surface area contributed by atoms with E-state index in [1.54, 1.807) is 0 Å². The largest absolute Gasteiger partial charge is 0.162 e. The van der Waals surface area contributed by atoms with Gasteiger partial charge in [-0.2, -0.15) is 11.8 Å². The van der Waals surface area contributed by atoms with Gasteiger partial charge >= 0.3 is 0 Å². The van der Waals surface area contributed by atoms with Crippen molar-refractivity contribution in [3.05, 3.63) is 0 Å². The van der Waals surface area contributed by atoms with E-state index in [1.807, 2.05) is 0 Å². The average Bonchev–Trinajstić information content (AvgIpc) is 3.11. The van der Waals surface area contributed by atoms with Crippen molar-refractivity contribution in [2.24, 2.45) is 0 Å². The highest BCUT2D eigenvalue weighted by Gasteiger charge is 1.98. The molecule has 0 aliphatic rings. The van der Waals surface area contributed by atoms with E-state index in [4.69, 9.17) is 0 Å². The van der Waals surface area contributed by atoms with Gasteiger partial charge in [0, 0.05) is 0 Å². The first-order valence-corrected chi connectivity index (χ1v) is 25.1. The van der Waals surface area contributed by atoms with Crippen LogP contribution in [-0.2, 0) is 0 Å². The normalized spacial score (nSPS) is 11.6. The fraction of sp³-hybridized carbons (Fsp3) is 1.00. The highest BCUT2D eigenvalue weighted by molar-refractivity contribution is 7.99. The van der Waals surface area contributed by atoms with Crippen LogP contribution in [-0.4, -0.2) is 11.5 Å². The summed E-state index contributed by atoms with van der Waals surface area (Å²) in [4.78, 5) is 0. The standard InChI is InChI=1S/C48H98S/c1-3-5-7-9-11-13-15-17-19-21-23-25-27-29-31-33-35-37-39-41-43-45-47-49-48-46-44-42-40-38-36-34-32-30-28-26-24-22-20-18-16-14-12-10-8-6-4-2/h3-48H2,1-2H3. The van der Waals surface area contributed by atoms with E-state index in [9.17, 15) is 0 Å². The van der Waals surface area contributed by atoms with E-state index in [2.05, 4.69) is 25.6 Å². The van der Waals surface area contributed by atoms with Gasteiger partial charge in [-0.3, -0.25) is 0 Å². The zero-order valence-electron chi connectivity index (χ0n) is 34.9. The highest BCUT2D eigenvalue weighted by atomic mass is 32.2. The molecular formula is C48H98S. The first kappa shape index (κ1) is 49.4. The van der Waals surface area contributed by atoms with Crippen LogP contribution >= 0.6 is 11.8 Å². The quantitative estimate of drug-likeness (QED) is 0.0568. The number of hydrogen-bond donors (Lipinski definition) is 0. The monoisotopic (exact) mass is 707 g/mol. The Kier molecular flexibility index (Phi) is 48.7. The van der Waals surface area contributed by atoms with Crippen LogP contribution in [0.5, 0.6) is 0 Å². The molecule has 0 atom stereocenters. The van der Waals surface area contributed by atoms with Crippen LogP contribution in [0.25, 0.3) is 0 Å². The highest BCUT2D eigenvalue weighted by Crippen LogP contribution is 2.18. The zero-order chi connectivity index (χ0) is 35.2. The Balaban J connectivity index is 3.04. The molecule has 0 fully saturated rings.